The Morgan fingerprint density at radius 1 is 0.468 bits per heavy atom. The van der Waals surface area contributed by atoms with Crippen LogP contribution in [0.4, 0.5) is 74.6 Å². The summed E-state index contributed by atoms with van der Waals surface area (Å²) in [6.07, 6.45) is -11.2. The van der Waals surface area contributed by atoms with Crippen molar-refractivity contribution in [2.75, 3.05) is 65.5 Å². The van der Waals surface area contributed by atoms with Gasteiger partial charge in [0.05, 0.1) is 19.4 Å². The lowest BCUT2D eigenvalue weighted by Crippen LogP contribution is -2.74. The van der Waals surface area contributed by atoms with Gasteiger partial charge in [0, 0.05) is 32.7 Å². The van der Waals surface area contributed by atoms with E-state index in [2.05, 4.69) is 4.74 Å². The summed E-state index contributed by atoms with van der Waals surface area (Å²) in [4.78, 5) is 17.8. The summed E-state index contributed by atoms with van der Waals surface area (Å²) >= 11 is 0. The van der Waals surface area contributed by atoms with Crippen LogP contribution in [-0.4, -0.2) is 134 Å². The maximum Gasteiger partial charge on any atom is 0.460 e. The molecule has 0 heterocycles. The summed E-state index contributed by atoms with van der Waals surface area (Å²) < 4.78 is 232. The van der Waals surface area contributed by atoms with E-state index in [4.69, 9.17) is 0 Å². The third kappa shape index (κ3) is 9.45. The summed E-state index contributed by atoms with van der Waals surface area (Å²) in [5.41, 5.74) is 0. The van der Waals surface area contributed by atoms with Crippen molar-refractivity contribution in [3.05, 3.63) is 0 Å². The molecule has 22 heteroatoms. The van der Waals surface area contributed by atoms with Crippen molar-refractivity contribution >= 4 is 5.97 Å². The molecule has 0 fully saturated rings. The molecular formula is C25H36F17N3O2. The van der Waals surface area contributed by atoms with E-state index in [1.165, 1.54) is 0 Å². The molecule has 0 rings (SSSR count). The van der Waals surface area contributed by atoms with Crippen LogP contribution in [0.2, 0.25) is 0 Å². The normalized spacial score (nSPS) is 14.9. The highest BCUT2D eigenvalue weighted by Gasteiger charge is 2.95. The maximum absolute atomic E-state index is 14.1. The number of hydrogen-bond donors (Lipinski definition) is 0. The number of carbonyl (C=O) groups is 1. The fourth-order valence-electron chi connectivity index (χ4n) is 3.95. The lowest BCUT2D eigenvalue weighted by Gasteiger charge is -2.42. The molecule has 5 nitrogen and oxygen atoms in total. The molecule has 0 bridgehead atoms. The minimum Gasteiger partial charge on any atom is -0.465 e. The van der Waals surface area contributed by atoms with Gasteiger partial charge in [0.25, 0.3) is 0 Å². The van der Waals surface area contributed by atoms with Gasteiger partial charge in [0.2, 0.25) is 0 Å². The van der Waals surface area contributed by atoms with Crippen LogP contribution in [0, 0.1) is 0 Å². The van der Waals surface area contributed by atoms with E-state index < -0.39 is 73.1 Å². The molecular weight excluding hydrogens is 697 g/mol. The van der Waals surface area contributed by atoms with Gasteiger partial charge in [-0.1, -0.05) is 27.7 Å². The van der Waals surface area contributed by atoms with Crippen LogP contribution in [0.15, 0.2) is 0 Å². The average Bonchev–Trinajstić information content (AvgIpc) is 2.94. The minimum absolute atomic E-state index is 0.0932. The third-order valence-electron chi connectivity index (χ3n) is 7.35. The number of nitrogens with zero attached hydrogens (tertiary/aromatic N) is 3. The van der Waals surface area contributed by atoms with E-state index in [-0.39, 0.29) is 6.54 Å². The Balaban J connectivity index is 5.75. The lowest BCUT2D eigenvalue weighted by molar-refractivity contribution is -0.461. The molecule has 0 saturated heterocycles. The molecule has 0 amide bonds. The highest BCUT2D eigenvalue weighted by Crippen LogP contribution is 2.64. The molecule has 0 unspecified atom stereocenters. The predicted octanol–water partition coefficient (Wildman–Crippen LogP) is 7.30. The summed E-state index contributed by atoms with van der Waals surface area (Å²) in [5.74, 6) is -58.3. The minimum atomic E-state index is -8.68. The smallest absolute Gasteiger partial charge is 0.460 e. The van der Waals surface area contributed by atoms with Gasteiger partial charge in [0.1, 0.15) is 0 Å². The average molecular weight is 734 g/mol. The van der Waals surface area contributed by atoms with E-state index in [0.717, 1.165) is 0 Å². The maximum atomic E-state index is 14.1. The van der Waals surface area contributed by atoms with Gasteiger partial charge in [-0.25, -0.2) is 0 Å². The van der Waals surface area contributed by atoms with Crippen LogP contribution in [0.3, 0.4) is 0 Å². The van der Waals surface area contributed by atoms with Gasteiger partial charge < -0.3 is 19.4 Å². The van der Waals surface area contributed by atoms with Gasteiger partial charge >= 0.3 is 53.6 Å². The van der Waals surface area contributed by atoms with Crippen molar-refractivity contribution in [3.63, 3.8) is 0 Å². The van der Waals surface area contributed by atoms with E-state index in [1.54, 1.807) is 4.90 Å². The van der Waals surface area contributed by atoms with E-state index >= 15 is 0 Å². The molecule has 0 spiro atoms. The summed E-state index contributed by atoms with van der Waals surface area (Å²) in [7, 11) is 0. The fourth-order valence-corrected chi connectivity index (χ4v) is 3.95. The van der Waals surface area contributed by atoms with Crippen molar-refractivity contribution in [1.29, 1.82) is 0 Å². The Morgan fingerprint density at radius 2 is 0.787 bits per heavy atom. The van der Waals surface area contributed by atoms with Crippen LogP contribution >= 0.6 is 0 Å². The molecule has 282 valence electrons. The molecule has 0 aliphatic heterocycles. The molecule has 47 heavy (non-hydrogen) atoms. The van der Waals surface area contributed by atoms with Gasteiger partial charge in [-0.15, -0.1) is 0 Å². The Hall–Kier alpha value is -1.84. The summed E-state index contributed by atoms with van der Waals surface area (Å²) in [6.45, 7) is 10.0. The van der Waals surface area contributed by atoms with Crippen molar-refractivity contribution in [2.45, 2.75) is 88.2 Å². The molecule has 0 aliphatic rings. The van der Waals surface area contributed by atoms with E-state index in [0.29, 0.717) is 52.4 Å². The third-order valence-corrected chi connectivity index (χ3v) is 7.35. The van der Waals surface area contributed by atoms with Crippen LogP contribution < -0.4 is 0 Å². The zero-order chi connectivity index (χ0) is 37.5. The zero-order valence-corrected chi connectivity index (χ0v) is 25.6. The second-order valence-electron chi connectivity index (χ2n) is 10.3. The SMILES string of the molecule is CCN(CC)CCN(CCC(=O)OCCC(F)(F)C(F)(F)C(F)(F)C(F)(F)C(F)(F)C(F)(F)C(F)(F)C(F)(F)F)CCN(CC)CC. The number of hydrogen-bond acceptors (Lipinski definition) is 5. The highest BCUT2D eigenvalue weighted by molar-refractivity contribution is 5.69. The van der Waals surface area contributed by atoms with Gasteiger partial charge in [-0.05, 0) is 26.2 Å². The Bertz CT molecular complexity index is 953. The predicted molar refractivity (Wildman–Crippen MR) is 133 cm³/mol. The molecule has 0 radical (unpaired) electrons. The first-order chi connectivity index (χ1) is 21.0. The van der Waals surface area contributed by atoms with Gasteiger partial charge in [0.15, 0.2) is 0 Å². The molecule has 0 aliphatic carbocycles. The Kier molecular flexibility index (Phi) is 15.6. The van der Waals surface area contributed by atoms with Crippen molar-refractivity contribution in [3.8, 4) is 0 Å². The Morgan fingerprint density at radius 3 is 1.13 bits per heavy atom. The number of likely N-dealkylation sites (N-methyl/N-ethyl adjacent to an activating group) is 2. The fraction of sp³-hybridized carbons (Fsp3) is 0.960. The largest absolute Gasteiger partial charge is 0.465 e. The van der Waals surface area contributed by atoms with Crippen LogP contribution in [0.5, 0.6) is 0 Å². The molecule has 0 N–H and O–H groups in total. The number of esters is 1. The Labute approximate surface area is 259 Å². The van der Waals surface area contributed by atoms with E-state index in [1.807, 2.05) is 37.5 Å². The molecule has 0 aromatic heterocycles. The second kappa shape index (κ2) is 16.2. The van der Waals surface area contributed by atoms with Crippen LogP contribution in [-0.2, 0) is 9.53 Å². The van der Waals surface area contributed by atoms with Crippen LogP contribution in [0.1, 0.15) is 40.5 Å². The molecule has 0 atom stereocenters. The standard InChI is InChI=1S/C25H36F17N3O2/c1-5-43(6-2)12-14-45(15-13-44(7-3)8-4)11-9-17(46)47-16-10-18(26,27)19(28,29)20(30,31)21(32,33)22(34,35)23(36,37)24(38,39)25(40,41)42/h5-16H2,1-4H3. The quantitative estimate of drug-likeness (QED) is 0.0863. The van der Waals surface area contributed by atoms with Gasteiger partial charge in [-0.3, -0.25) is 4.79 Å². The zero-order valence-electron chi connectivity index (χ0n) is 25.6. The molecule has 0 aromatic carbocycles. The number of ether oxygens (including phenoxy) is 1. The summed E-state index contributed by atoms with van der Waals surface area (Å²) in [5, 5.41) is 0. The van der Waals surface area contributed by atoms with Crippen molar-refractivity contribution in [1.82, 2.24) is 14.7 Å². The highest BCUT2D eigenvalue weighted by atomic mass is 19.4. The number of alkyl halides is 17. The molecule has 0 aromatic rings. The van der Waals surface area contributed by atoms with Crippen molar-refractivity contribution in [2.24, 2.45) is 0 Å². The van der Waals surface area contributed by atoms with Crippen LogP contribution in [0.25, 0.3) is 0 Å². The first kappa shape index (κ1) is 45.2. The number of halogens is 17. The number of rotatable bonds is 22. The first-order valence-electron chi connectivity index (χ1n) is 14.0. The van der Waals surface area contributed by atoms with E-state index in [9.17, 15) is 79.4 Å². The number of carbonyl (C=O) groups excluding carboxylic acids is 1. The van der Waals surface area contributed by atoms with Crippen molar-refractivity contribution < 1.29 is 84.2 Å². The summed E-state index contributed by atoms with van der Waals surface area (Å²) in [6, 6.07) is 0. The monoisotopic (exact) mass is 733 g/mol. The second-order valence-corrected chi connectivity index (χ2v) is 10.3. The molecule has 0 saturated carbocycles. The topological polar surface area (TPSA) is 36.0 Å². The lowest BCUT2D eigenvalue weighted by atomic mass is 9.88. The first-order valence-corrected chi connectivity index (χ1v) is 14.0. The van der Waals surface area contributed by atoms with Gasteiger partial charge in [-0.2, -0.15) is 74.6 Å².